The van der Waals surface area contributed by atoms with E-state index in [2.05, 4.69) is 20.2 Å². The number of imidazole rings is 1. The molecule has 4 rings (SSSR count). The summed E-state index contributed by atoms with van der Waals surface area (Å²) >= 11 is 0. The normalized spacial score (nSPS) is 25.3. The molecule has 7 heteroatoms. The lowest BCUT2D eigenvalue weighted by atomic mass is 10.1. The quantitative estimate of drug-likeness (QED) is 0.667. The number of aromatic nitrogens is 2. The fourth-order valence-electron chi connectivity index (χ4n) is 3.61. The zero-order valence-electron chi connectivity index (χ0n) is 11.6. The van der Waals surface area contributed by atoms with Gasteiger partial charge in [0, 0.05) is 30.8 Å². The van der Waals surface area contributed by atoms with Gasteiger partial charge in [-0.05, 0) is 31.9 Å². The van der Waals surface area contributed by atoms with Gasteiger partial charge in [-0.2, -0.15) is 0 Å². The highest BCUT2D eigenvalue weighted by Crippen LogP contribution is 2.30. The van der Waals surface area contributed by atoms with Crippen LogP contribution in [0.25, 0.3) is 11.0 Å². The number of aromatic amines is 1. The van der Waals surface area contributed by atoms with Crippen molar-refractivity contribution in [1.29, 1.82) is 0 Å². The standard InChI is InChI=1S/C14H17N5O2/c20-19(21)9-3-4-10-12(8-9)17-14(15-10)16-11-5-7-18-6-1-2-13(11)18/h3-4,8,11,13H,1-2,5-7H2,(H2,15,16,17). The predicted molar refractivity (Wildman–Crippen MR) is 79.4 cm³/mol. The number of non-ortho nitro benzene ring substituents is 1. The van der Waals surface area contributed by atoms with E-state index in [1.54, 1.807) is 6.07 Å². The fourth-order valence-corrected chi connectivity index (χ4v) is 3.61. The van der Waals surface area contributed by atoms with Crippen molar-refractivity contribution < 1.29 is 4.92 Å². The number of rotatable bonds is 3. The van der Waals surface area contributed by atoms with Crippen LogP contribution in [0.2, 0.25) is 0 Å². The van der Waals surface area contributed by atoms with Crippen LogP contribution < -0.4 is 5.32 Å². The van der Waals surface area contributed by atoms with E-state index in [1.807, 2.05) is 0 Å². The average molecular weight is 287 g/mol. The van der Waals surface area contributed by atoms with Crippen molar-refractivity contribution in [3.63, 3.8) is 0 Å². The first-order valence-corrected chi connectivity index (χ1v) is 7.35. The van der Waals surface area contributed by atoms with Crippen molar-refractivity contribution in [3.05, 3.63) is 28.3 Å². The van der Waals surface area contributed by atoms with Crippen LogP contribution in [0.15, 0.2) is 18.2 Å². The van der Waals surface area contributed by atoms with Crippen molar-refractivity contribution in [3.8, 4) is 0 Å². The smallest absolute Gasteiger partial charge is 0.271 e. The van der Waals surface area contributed by atoms with E-state index >= 15 is 0 Å². The molecule has 0 amide bonds. The number of fused-ring (bicyclic) bond motifs is 2. The van der Waals surface area contributed by atoms with E-state index in [0.29, 0.717) is 23.5 Å². The van der Waals surface area contributed by atoms with Crippen molar-refractivity contribution >= 4 is 22.7 Å². The molecule has 2 saturated heterocycles. The maximum absolute atomic E-state index is 10.8. The summed E-state index contributed by atoms with van der Waals surface area (Å²) in [6.07, 6.45) is 3.64. The highest BCUT2D eigenvalue weighted by atomic mass is 16.6. The molecule has 2 atom stereocenters. The van der Waals surface area contributed by atoms with Gasteiger partial charge in [-0.25, -0.2) is 4.98 Å². The Labute approximate surface area is 121 Å². The Morgan fingerprint density at radius 1 is 1.38 bits per heavy atom. The molecule has 7 nitrogen and oxygen atoms in total. The largest absolute Gasteiger partial charge is 0.351 e. The maximum atomic E-state index is 10.8. The van der Waals surface area contributed by atoms with Crippen LogP contribution >= 0.6 is 0 Å². The summed E-state index contributed by atoms with van der Waals surface area (Å²) < 4.78 is 0. The highest BCUT2D eigenvalue weighted by Gasteiger charge is 2.37. The Kier molecular flexibility index (Phi) is 2.81. The molecule has 110 valence electrons. The number of benzene rings is 1. The van der Waals surface area contributed by atoms with Crippen LogP contribution in [-0.4, -0.2) is 45.0 Å². The van der Waals surface area contributed by atoms with Crippen LogP contribution in [0.5, 0.6) is 0 Å². The van der Waals surface area contributed by atoms with E-state index in [0.717, 1.165) is 18.5 Å². The minimum atomic E-state index is -0.388. The summed E-state index contributed by atoms with van der Waals surface area (Å²) in [6, 6.07) is 5.73. The molecule has 3 heterocycles. The minimum Gasteiger partial charge on any atom is -0.351 e. The first kappa shape index (κ1) is 12.6. The summed E-state index contributed by atoms with van der Waals surface area (Å²) in [5.74, 6) is 0.712. The number of nitrogens with one attached hydrogen (secondary N) is 2. The van der Waals surface area contributed by atoms with Crippen LogP contribution in [-0.2, 0) is 0 Å². The van der Waals surface area contributed by atoms with Crippen molar-refractivity contribution in [2.75, 3.05) is 18.4 Å². The summed E-state index contributed by atoms with van der Waals surface area (Å²) in [6.45, 7) is 2.35. The SMILES string of the molecule is O=[N+]([O-])c1ccc2nc(NC3CCN4CCCC34)[nH]c2c1. The highest BCUT2D eigenvalue weighted by molar-refractivity contribution is 5.79. The number of nitro benzene ring substituents is 1. The van der Waals surface area contributed by atoms with Crippen molar-refractivity contribution in [2.24, 2.45) is 0 Å². The summed E-state index contributed by atoms with van der Waals surface area (Å²) in [5.41, 5.74) is 1.54. The van der Waals surface area contributed by atoms with Gasteiger partial charge in [-0.3, -0.25) is 15.0 Å². The van der Waals surface area contributed by atoms with Gasteiger partial charge < -0.3 is 10.3 Å². The van der Waals surface area contributed by atoms with Crippen LogP contribution in [0.3, 0.4) is 0 Å². The minimum absolute atomic E-state index is 0.0838. The van der Waals surface area contributed by atoms with Crippen LogP contribution in [0.4, 0.5) is 11.6 Å². The second-order valence-corrected chi connectivity index (χ2v) is 5.83. The first-order chi connectivity index (χ1) is 10.2. The topological polar surface area (TPSA) is 87.1 Å². The number of nitrogens with zero attached hydrogens (tertiary/aromatic N) is 3. The fraction of sp³-hybridized carbons (Fsp3) is 0.500. The molecular formula is C14H17N5O2. The van der Waals surface area contributed by atoms with Gasteiger partial charge in [-0.15, -0.1) is 0 Å². The van der Waals surface area contributed by atoms with E-state index in [4.69, 9.17) is 0 Å². The lowest BCUT2D eigenvalue weighted by Gasteiger charge is -2.20. The Morgan fingerprint density at radius 2 is 2.29 bits per heavy atom. The molecule has 1 aromatic carbocycles. The Hall–Kier alpha value is -2.15. The number of H-pyrrole nitrogens is 1. The molecule has 0 aliphatic carbocycles. The van der Waals surface area contributed by atoms with Crippen LogP contribution in [0, 0.1) is 10.1 Å². The molecule has 21 heavy (non-hydrogen) atoms. The van der Waals surface area contributed by atoms with E-state index < -0.39 is 0 Å². The van der Waals surface area contributed by atoms with Gasteiger partial charge in [0.25, 0.3) is 5.69 Å². The number of nitro groups is 1. The molecule has 2 aromatic rings. The molecule has 2 fully saturated rings. The molecule has 0 bridgehead atoms. The summed E-state index contributed by atoms with van der Waals surface area (Å²) in [7, 11) is 0. The lowest BCUT2D eigenvalue weighted by molar-refractivity contribution is -0.384. The number of hydrogen-bond donors (Lipinski definition) is 2. The van der Waals surface area contributed by atoms with E-state index in [1.165, 1.54) is 31.5 Å². The first-order valence-electron chi connectivity index (χ1n) is 7.35. The molecule has 2 N–H and O–H groups in total. The molecule has 0 saturated carbocycles. The Balaban J connectivity index is 1.58. The third kappa shape index (κ3) is 2.13. The van der Waals surface area contributed by atoms with Gasteiger partial charge in [-0.1, -0.05) is 0 Å². The average Bonchev–Trinajstić information content (AvgIpc) is 3.14. The molecule has 0 spiro atoms. The molecule has 2 aliphatic rings. The van der Waals surface area contributed by atoms with Gasteiger partial charge in [0.2, 0.25) is 5.95 Å². The number of anilines is 1. The third-order valence-electron chi connectivity index (χ3n) is 4.60. The van der Waals surface area contributed by atoms with E-state index in [9.17, 15) is 10.1 Å². The van der Waals surface area contributed by atoms with Gasteiger partial charge in [0.15, 0.2) is 0 Å². The zero-order valence-corrected chi connectivity index (χ0v) is 11.6. The Morgan fingerprint density at radius 3 is 3.14 bits per heavy atom. The molecule has 2 aliphatic heterocycles. The maximum Gasteiger partial charge on any atom is 0.271 e. The van der Waals surface area contributed by atoms with Crippen LogP contribution in [0.1, 0.15) is 19.3 Å². The number of hydrogen-bond acceptors (Lipinski definition) is 5. The summed E-state index contributed by atoms with van der Waals surface area (Å²) in [5, 5.41) is 14.3. The van der Waals surface area contributed by atoms with Gasteiger partial charge >= 0.3 is 0 Å². The second-order valence-electron chi connectivity index (χ2n) is 5.83. The lowest BCUT2D eigenvalue weighted by Crippen LogP contribution is -2.34. The monoisotopic (exact) mass is 287 g/mol. The predicted octanol–water partition coefficient (Wildman–Crippen LogP) is 2.12. The van der Waals surface area contributed by atoms with E-state index in [-0.39, 0.29) is 10.6 Å². The molecule has 2 unspecified atom stereocenters. The molecular weight excluding hydrogens is 270 g/mol. The second kappa shape index (κ2) is 4.70. The van der Waals surface area contributed by atoms with Gasteiger partial charge in [0.05, 0.1) is 16.0 Å². The summed E-state index contributed by atoms with van der Waals surface area (Å²) in [4.78, 5) is 20.6. The molecule has 0 radical (unpaired) electrons. The Bertz CT molecular complexity index is 698. The molecule has 1 aromatic heterocycles. The third-order valence-corrected chi connectivity index (χ3v) is 4.60. The van der Waals surface area contributed by atoms with Crippen molar-refractivity contribution in [2.45, 2.75) is 31.3 Å². The zero-order chi connectivity index (χ0) is 14.4. The van der Waals surface area contributed by atoms with Crippen molar-refractivity contribution in [1.82, 2.24) is 14.9 Å². The van der Waals surface area contributed by atoms with Gasteiger partial charge in [0.1, 0.15) is 0 Å².